The number of amides is 3. The highest BCUT2D eigenvalue weighted by Gasteiger charge is 2.45. The van der Waals surface area contributed by atoms with Crippen LogP contribution in [0.5, 0.6) is 0 Å². The number of likely N-dealkylation sites (tertiary alicyclic amines) is 1. The highest BCUT2D eigenvalue weighted by Crippen LogP contribution is 2.31. The fraction of sp³-hybridized carbons (Fsp3) is 0.833. The molecule has 0 saturated carbocycles. The van der Waals surface area contributed by atoms with Gasteiger partial charge in [0.1, 0.15) is 17.7 Å². The lowest BCUT2D eigenvalue weighted by molar-refractivity contribution is -0.142. The molecule has 1 aliphatic rings. The Bertz CT molecular complexity index is 515. The number of alkyl carbamates (subject to hydrolysis) is 1. The van der Waals surface area contributed by atoms with Gasteiger partial charge in [-0.25, -0.2) is 4.79 Å². The van der Waals surface area contributed by atoms with Gasteiger partial charge in [-0.15, -0.1) is 0 Å². The van der Waals surface area contributed by atoms with Crippen molar-refractivity contribution in [3.8, 4) is 0 Å². The summed E-state index contributed by atoms with van der Waals surface area (Å²) < 4.78 is 5.29. The van der Waals surface area contributed by atoms with Crippen LogP contribution in [-0.2, 0) is 14.3 Å². The number of carbonyl (C=O) groups is 3. The smallest absolute Gasteiger partial charge is 0.408 e. The Hall–Kier alpha value is -1.79. The van der Waals surface area contributed by atoms with E-state index in [4.69, 9.17) is 10.5 Å². The van der Waals surface area contributed by atoms with Crippen LogP contribution in [-0.4, -0.2) is 46.5 Å². The molecule has 0 bridgehead atoms. The fourth-order valence-corrected chi connectivity index (χ4v) is 3.11. The number of hydrogen-bond donors (Lipinski definition) is 2. The number of ether oxygens (including phenoxy) is 1. The van der Waals surface area contributed by atoms with Gasteiger partial charge in [-0.1, -0.05) is 27.2 Å². The van der Waals surface area contributed by atoms with E-state index in [9.17, 15) is 14.4 Å². The summed E-state index contributed by atoms with van der Waals surface area (Å²) in [4.78, 5) is 38.7. The second-order valence-electron chi connectivity index (χ2n) is 8.13. The second-order valence-corrected chi connectivity index (χ2v) is 8.13. The third-order valence-electron chi connectivity index (χ3n) is 4.93. The van der Waals surface area contributed by atoms with Crippen molar-refractivity contribution in [2.75, 3.05) is 0 Å². The molecule has 0 aliphatic carbocycles. The van der Waals surface area contributed by atoms with E-state index >= 15 is 0 Å². The van der Waals surface area contributed by atoms with Crippen LogP contribution in [0.25, 0.3) is 0 Å². The molecule has 3 amide bonds. The van der Waals surface area contributed by atoms with Crippen LogP contribution < -0.4 is 11.1 Å². The maximum absolute atomic E-state index is 13.2. The second kappa shape index (κ2) is 8.06. The van der Waals surface area contributed by atoms with E-state index in [1.54, 1.807) is 25.7 Å². The lowest BCUT2D eigenvalue weighted by Crippen LogP contribution is -2.57. The predicted molar refractivity (Wildman–Crippen MR) is 95.7 cm³/mol. The zero-order valence-electron chi connectivity index (χ0n) is 16.5. The summed E-state index contributed by atoms with van der Waals surface area (Å²) in [5.74, 6) is -0.720. The van der Waals surface area contributed by atoms with Crippen molar-refractivity contribution in [2.24, 2.45) is 17.6 Å². The molecule has 0 radical (unpaired) electrons. The summed E-state index contributed by atoms with van der Waals surface area (Å²) in [6.07, 6.45) is 0.606. The SMILES string of the molecule is CCC(C)[C@H](NC(=O)OC(C)(C)C)C(=O)N1C(C)[C@@H](C)C[C@H]1C(N)=O. The van der Waals surface area contributed by atoms with E-state index in [1.807, 2.05) is 27.7 Å². The van der Waals surface area contributed by atoms with Crippen LogP contribution in [0, 0.1) is 11.8 Å². The number of nitrogens with zero attached hydrogens (tertiary/aromatic N) is 1. The van der Waals surface area contributed by atoms with Gasteiger partial charge in [0.15, 0.2) is 0 Å². The molecule has 3 N–H and O–H groups in total. The molecule has 0 aromatic carbocycles. The van der Waals surface area contributed by atoms with Gasteiger partial charge in [-0.05, 0) is 46.0 Å². The van der Waals surface area contributed by atoms with Crippen LogP contribution in [0.4, 0.5) is 4.79 Å². The molecule has 1 fully saturated rings. The van der Waals surface area contributed by atoms with Gasteiger partial charge in [0, 0.05) is 6.04 Å². The minimum atomic E-state index is -0.755. The minimum absolute atomic E-state index is 0.100. The van der Waals surface area contributed by atoms with Crippen molar-refractivity contribution < 1.29 is 19.1 Å². The Morgan fingerprint density at radius 1 is 1.28 bits per heavy atom. The third-order valence-corrected chi connectivity index (χ3v) is 4.93. The highest BCUT2D eigenvalue weighted by atomic mass is 16.6. The first kappa shape index (κ1) is 21.3. The first-order valence-electron chi connectivity index (χ1n) is 9.00. The maximum atomic E-state index is 13.2. The van der Waals surface area contributed by atoms with Gasteiger partial charge in [-0.2, -0.15) is 0 Å². The Balaban J connectivity index is 3.03. The quantitative estimate of drug-likeness (QED) is 0.788. The molecule has 1 aliphatic heterocycles. The molecular weight excluding hydrogens is 322 g/mol. The lowest BCUT2D eigenvalue weighted by atomic mass is 9.97. The topological polar surface area (TPSA) is 102 Å². The largest absolute Gasteiger partial charge is 0.444 e. The van der Waals surface area contributed by atoms with Crippen molar-refractivity contribution in [1.82, 2.24) is 10.2 Å². The molecule has 25 heavy (non-hydrogen) atoms. The van der Waals surface area contributed by atoms with Crippen LogP contribution in [0.2, 0.25) is 0 Å². The average molecular weight is 355 g/mol. The van der Waals surface area contributed by atoms with Crippen molar-refractivity contribution in [3.63, 3.8) is 0 Å². The molecule has 5 atom stereocenters. The van der Waals surface area contributed by atoms with Crippen LogP contribution in [0.15, 0.2) is 0 Å². The Morgan fingerprint density at radius 3 is 2.28 bits per heavy atom. The van der Waals surface area contributed by atoms with E-state index in [2.05, 4.69) is 5.32 Å². The van der Waals surface area contributed by atoms with Crippen molar-refractivity contribution in [2.45, 2.75) is 85.0 Å². The Kier molecular flexibility index (Phi) is 6.85. The molecule has 1 heterocycles. The first-order chi connectivity index (χ1) is 11.4. The van der Waals surface area contributed by atoms with Gasteiger partial charge in [0.05, 0.1) is 0 Å². The van der Waals surface area contributed by atoms with Gasteiger partial charge < -0.3 is 20.7 Å². The number of hydrogen-bond acceptors (Lipinski definition) is 4. The van der Waals surface area contributed by atoms with Crippen LogP contribution in [0.1, 0.15) is 61.3 Å². The third kappa shape index (κ3) is 5.34. The average Bonchev–Trinajstić information content (AvgIpc) is 2.77. The van der Waals surface area contributed by atoms with E-state index in [-0.39, 0.29) is 23.8 Å². The summed E-state index contributed by atoms with van der Waals surface area (Å²) in [5, 5.41) is 2.69. The molecular formula is C18H33N3O4. The first-order valence-corrected chi connectivity index (χ1v) is 9.00. The molecule has 1 saturated heterocycles. The van der Waals surface area contributed by atoms with Crippen molar-refractivity contribution in [1.29, 1.82) is 0 Å². The van der Waals surface area contributed by atoms with Gasteiger partial charge in [-0.3, -0.25) is 9.59 Å². The maximum Gasteiger partial charge on any atom is 0.408 e. The molecule has 7 heteroatoms. The Morgan fingerprint density at radius 2 is 1.84 bits per heavy atom. The van der Waals surface area contributed by atoms with Crippen molar-refractivity contribution in [3.05, 3.63) is 0 Å². The number of primary amides is 1. The highest BCUT2D eigenvalue weighted by molar-refractivity contribution is 5.91. The van der Waals surface area contributed by atoms with Gasteiger partial charge >= 0.3 is 6.09 Å². The molecule has 0 aromatic rings. The summed E-state index contributed by atoms with van der Waals surface area (Å²) in [6.45, 7) is 13.0. The molecule has 2 unspecified atom stereocenters. The fourth-order valence-electron chi connectivity index (χ4n) is 3.11. The molecule has 1 rings (SSSR count). The number of rotatable bonds is 5. The van der Waals surface area contributed by atoms with Gasteiger partial charge in [0.2, 0.25) is 11.8 Å². The Labute approximate surface area is 150 Å². The summed E-state index contributed by atoms with van der Waals surface area (Å²) in [6, 6.07) is -1.50. The monoisotopic (exact) mass is 355 g/mol. The predicted octanol–water partition coefficient (Wildman–Crippen LogP) is 2.04. The van der Waals surface area contributed by atoms with E-state index < -0.39 is 29.7 Å². The number of nitrogens with one attached hydrogen (secondary N) is 1. The van der Waals surface area contributed by atoms with Gasteiger partial charge in [0.25, 0.3) is 0 Å². The van der Waals surface area contributed by atoms with E-state index in [0.29, 0.717) is 12.8 Å². The minimum Gasteiger partial charge on any atom is -0.444 e. The summed E-state index contributed by atoms with van der Waals surface area (Å²) >= 11 is 0. The normalized spacial score (nSPS) is 26.0. The van der Waals surface area contributed by atoms with Crippen LogP contribution in [0.3, 0.4) is 0 Å². The molecule has 144 valence electrons. The standard InChI is InChI=1S/C18H33N3O4/c1-8-10(2)14(20-17(24)25-18(5,6)7)16(23)21-12(4)11(3)9-13(21)15(19)22/h10-14H,8-9H2,1-7H3,(H2,19,22)(H,20,24)/t10?,11-,12?,13-,14-/m0/s1. The van der Waals surface area contributed by atoms with E-state index in [0.717, 1.165) is 0 Å². The summed E-state index contributed by atoms with van der Waals surface area (Å²) in [5.41, 5.74) is 4.84. The molecule has 0 aromatic heterocycles. The zero-order valence-corrected chi connectivity index (χ0v) is 16.5. The lowest BCUT2D eigenvalue weighted by Gasteiger charge is -2.34. The van der Waals surface area contributed by atoms with E-state index in [1.165, 1.54) is 0 Å². The zero-order chi connectivity index (χ0) is 19.5. The van der Waals surface area contributed by atoms with Crippen molar-refractivity contribution >= 4 is 17.9 Å². The number of carbonyl (C=O) groups excluding carboxylic acids is 3. The van der Waals surface area contributed by atoms with Crippen LogP contribution >= 0.6 is 0 Å². The molecule has 0 spiro atoms. The molecule has 7 nitrogen and oxygen atoms in total. The summed E-state index contributed by atoms with van der Waals surface area (Å²) in [7, 11) is 0. The number of nitrogens with two attached hydrogens (primary N) is 1.